The molecule has 0 spiro atoms. The second-order valence-corrected chi connectivity index (χ2v) is 9.04. The second kappa shape index (κ2) is 7.60. The van der Waals surface area contributed by atoms with Crippen LogP contribution in [0.1, 0.15) is 27.9 Å². The van der Waals surface area contributed by atoms with Crippen LogP contribution >= 0.6 is 0 Å². The smallest absolute Gasteiger partial charge is 0.337 e. The summed E-state index contributed by atoms with van der Waals surface area (Å²) in [5.41, 5.74) is -4.00. The van der Waals surface area contributed by atoms with Gasteiger partial charge in [0.15, 0.2) is 9.84 Å². The fourth-order valence-electron chi connectivity index (χ4n) is 3.23. The number of rotatable bonds is 3. The molecule has 0 N–H and O–H groups in total. The van der Waals surface area contributed by atoms with E-state index in [0.29, 0.717) is 12.1 Å². The number of amides is 1. The maximum Gasteiger partial charge on any atom is 0.416 e. The number of carbonyl (C=O) groups excluding carboxylic acids is 1. The summed E-state index contributed by atoms with van der Waals surface area (Å²) in [4.78, 5) is 13.6. The van der Waals surface area contributed by atoms with Gasteiger partial charge in [-0.1, -0.05) is 18.2 Å². The Morgan fingerprint density at radius 1 is 0.900 bits per heavy atom. The standard InChI is InChI=1S/C19H15F6NO3S/c20-18(21,22)13-8-12(9-14(10-13)19(23,24)25)17(27)26-7-6-16(11-26)30(28,29)15-4-2-1-3-5-15/h1-5,8-10,16H,6-7,11H2. The molecule has 0 bridgehead atoms. The van der Waals surface area contributed by atoms with E-state index in [-0.39, 0.29) is 30.5 Å². The molecule has 1 fully saturated rings. The third kappa shape index (κ3) is 4.45. The van der Waals surface area contributed by atoms with Crippen molar-refractivity contribution in [1.82, 2.24) is 4.90 Å². The van der Waals surface area contributed by atoms with Crippen molar-refractivity contribution in [2.24, 2.45) is 0 Å². The molecule has 11 heteroatoms. The molecule has 3 rings (SSSR count). The number of alkyl halides is 6. The molecule has 1 saturated heterocycles. The van der Waals surface area contributed by atoms with Crippen molar-refractivity contribution in [3.8, 4) is 0 Å². The summed E-state index contributed by atoms with van der Waals surface area (Å²) in [6.07, 6.45) is -10.1. The molecule has 0 saturated carbocycles. The summed E-state index contributed by atoms with van der Waals surface area (Å²) < 4.78 is 103. The van der Waals surface area contributed by atoms with Gasteiger partial charge in [-0.15, -0.1) is 0 Å². The fraction of sp³-hybridized carbons (Fsp3) is 0.316. The minimum Gasteiger partial charge on any atom is -0.337 e. The van der Waals surface area contributed by atoms with Crippen LogP contribution in [0.3, 0.4) is 0 Å². The van der Waals surface area contributed by atoms with Crippen molar-refractivity contribution in [3.63, 3.8) is 0 Å². The molecule has 2 aromatic rings. The number of carbonyl (C=O) groups is 1. The highest BCUT2D eigenvalue weighted by molar-refractivity contribution is 7.92. The normalized spacial score (nSPS) is 17.9. The Kier molecular flexibility index (Phi) is 5.61. The van der Waals surface area contributed by atoms with E-state index in [4.69, 9.17) is 0 Å². The van der Waals surface area contributed by atoms with Crippen LogP contribution in [0.25, 0.3) is 0 Å². The molecule has 1 aliphatic heterocycles. The monoisotopic (exact) mass is 451 g/mol. The minimum atomic E-state index is -5.08. The fourth-order valence-corrected chi connectivity index (χ4v) is 4.94. The summed E-state index contributed by atoms with van der Waals surface area (Å²) in [5.74, 6) is -1.09. The van der Waals surface area contributed by atoms with Gasteiger partial charge in [0.2, 0.25) is 0 Å². The lowest BCUT2D eigenvalue weighted by Gasteiger charge is -2.19. The largest absolute Gasteiger partial charge is 0.416 e. The van der Waals surface area contributed by atoms with E-state index < -0.39 is 50.0 Å². The van der Waals surface area contributed by atoms with Crippen LogP contribution in [0, 0.1) is 0 Å². The maximum atomic E-state index is 13.0. The average molecular weight is 451 g/mol. The van der Waals surface area contributed by atoms with Crippen molar-refractivity contribution >= 4 is 15.7 Å². The summed E-state index contributed by atoms with van der Waals surface area (Å²) in [6.45, 7) is -0.430. The predicted molar refractivity (Wildman–Crippen MR) is 94.4 cm³/mol. The molecule has 1 atom stereocenters. The van der Waals surface area contributed by atoms with E-state index in [2.05, 4.69) is 0 Å². The molecular formula is C19H15F6NO3S. The lowest BCUT2D eigenvalue weighted by atomic mass is 10.0. The van der Waals surface area contributed by atoms with Gasteiger partial charge in [-0.2, -0.15) is 26.3 Å². The predicted octanol–water partition coefficient (Wildman–Crippen LogP) is 4.41. The van der Waals surface area contributed by atoms with Crippen LogP contribution in [-0.4, -0.2) is 37.6 Å². The molecular weight excluding hydrogens is 436 g/mol. The van der Waals surface area contributed by atoms with E-state index in [1.54, 1.807) is 6.07 Å². The Balaban J connectivity index is 1.89. The van der Waals surface area contributed by atoms with Gasteiger partial charge in [-0.05, 0) is 36.8 Å². The zero-order valence-corrected chi connectivity index (χ0v) is 16.0. The first-order valence-corrected chi connectivity index (χ1v) is 10.2. The van der Waals surface area contributed by atoms with Crippen LogP contribution in [-0.2, 0) is 22.2 Å². The highest BCUT2D eigenvalue weighted by Crippen LogP contribution is 2.37. The maximum absolute atomic E-state index is 13.0. The highest BCUT2D eigenvalue weighted by atomic mass is 32.2. The summed E-state index contributed by atoms with van der Waals surface area (Å²) >= 11 is 0. The quantitative estimate of drug-likeness (QED) is 0.650. The lowest BCUT2D eigenvalue weighted by molar-refractivity contribution is -0.143. The van der Waals surface area contributed by atoms with Crippen molar-refractivity contribution in [2.45, 2.75) is 28.9 Å². The number of hydrogen-bond donors (Lipinski definition) is 0. The van der Waals surface area contributed by atoms with Crippen LogP contribution in [0.15, 0.2) is 53.4 Å². The third-order valence-electron chi connectivity index (χ3n) is 4.78. The Hall–Kier alpha value is -2.56. The van der Waals surface area contributed by atoms with E-state index in [1.807, 2.05) is 0 Å². The molecule has 162 valence electrons. The van der Waals surface area contributed by atoms with E-state index in [0.717, 1.165) is 4.90 Å². The number of nitrogens with zero attached hydrogens (tertiary/aromatic N) is 1. The van der Waals surface area contributed by atoms with Gasteiger partial charge in [-0.3, -0.25) is 4.79 Å². The van der Waals surface area contributed by atoms with E-state index in [1.165, 1.54) is 24.3 Å². The number of benzene rings is 2. The van der Waals surface area contributed by atoms with Gasteiger partial charge in [0, 0.05) is 18.7 Å². The van der Waals surface area contributed by atoms with Crippen LogP contribution in [0.4, 0.5) is 26.3 Å². The zero-order chi connectivity index (χ0) is 22.3. The number of likely N-dealkylation sites (tertiary alicyclic amines) is 1. The lowest BCUT2D eigenvalue weighted by Crippen LogP contribution is -2.32. The number of halogens is 6. The van der Waals surface area contributed by atoms with Crippen LogP contribution in [0.2, 0.25) is 0 Å². The molecule has 1 amide bonds. The molecule has 0 aliphatic carbocycles. The van der Waals surface area contributed by atoms with Crippen molar-refractivity contribution < 1.29 is 39.6 Å². The summed E-state index contributed by atoms with van der Waals surface area (Å²) in [6, 6.07) is 8.04. The summed E-state index contributed by atoms with van der Waals surface area (Å²) in [5, 5.41) is -1.00. The van der Waals surface area contributed by atoms with E-state index in [9.17, 15) is 39.6 Å². The SMILES string of the molecule is O=C(c1cc(C(F)(F)F)cc(C(F)(F)F)c1)N1CCC(S(=O)(=O)c2ccccc2)C1. The topological polar surface area (TPSA) is 54.5 Å². The van der Waals surface area contributed by atoms with Gasteiger partial charge >= 0.3 is 12.4 Å². The minimum absolute atomic E-state index is 0.0219. The van der Waals surface area contributed by atoms with Crippen LogP contribution in [0.5, 0.6) is 0 Å². The van der Waals surface area contributed by atoms with Gasteiger partial charge in [-0.25, -0.2) is 8.42 Å². The molecule has 0 aromatic heterocycles. The van der Waals surface area contributed by atoms with Gasteiger partial charge in [0.1, 0.15) is 0 Å². The molecule has 1 aliphatic rings. The molecule has 2 aromatic carbocycles. The Morgan fingerprint density at radius 2 is 1.43 bits per heavy atom. The molecule has 4 nitrogen and oxygen atoms in total. The second-order valence-electron chi connectivity index (χ2n) is 6.81. The van der Waals surface area contributed by atoms with Gasteiger partial charge in [0.05, 0.1) is 21.3 Å². The van der Waals surface area contributed by atoms with E-state index >= 15 is 0 Å². The Morgan fingerprint density at radius 3 is 1.93 bits per heavy atom. The van der Waals surface area contributed by atoms with Crippen molar-refractivity contribution in [2.75, 3.05) is 13.1 Å². The first-order valence-electron chi connectivity index (χ1n) is 8.68. The first kappa shape index (κ1) is 22.1. The van der Waals surface area contributed by atoms with Crippen molar-refractivity contribution in [1.29, 1.82) is 0 Å². The third-order valence-corrected chi connectivity index (χ3v) is 6.97. The number of sulfone groups is 1. The number of hydrogen-bond acceptors (Lipinski definition) is 3. The van der Waals surface area contributed by atoms with Crippen LogP contribution < -0.4 is 0 Å². The Labute approximate surface area is 168 Å². The highest BCUT2D eigenvalue weighted by Gasteiger charge is 2.40. The molecule has 1 unspecified atom stereocenters. The average Bonchev–Trinajstić information content (AvgIpc) is 3.17. The first-order chi connectivity index (χ1) is 13.8. The zero-order valence-electron chi connectivity index (χ0n) is 15.2. The van der Waals surface area contributed by atoms with Gasteiger partial charge < -0.3 is 4.90 Å². The molecule has 1 heterocycles. The molecule has 30 heavy (non-hydrogen) atoms. The van der Waals surface area contributed by atoms with Crippen molar-refractivity contribution in [3.05, 3.63) is 65.2 Å². The Bertz CT molecular complexity index is 1020. The van der Waals surface area contributed by atoms with Gasteiger partial charge in [0.25, 0.3) is 5.91 Å². The summed E-state index contributed by atoms with van der Waals surface area (Å²) in [7, 11) is -3.80. The molecule has 0 radical (unpaired) electrons.